The van der Waals surface area contributed by atoms with Gasteiger partial charge >= 0.3 is 0 Å². The molecule has 2 aromatic carbocycles. The lowest BCUT2D eigenvalue weighted by atomic mass is 9.85. The van der Waals surface area contributed by atoms with Gasteiger partial charge in [-0.25, -0.2) is 0 Å². The number of amides is 1. The zero-order valence-corrected chi connectivity index (χ0v) is 14.1. The molecule has 3 nitrogen and oxygen atoms in total. The van der Waals surface area contributed by atoms with Gasteiger partial charge in [-0.15, -0.1) is 0 Å². The van der Waals surface area contributed by atoms with Crippen molar-refractivity contribution in [2.75, 3.05) is 0 Å². The Morgan fingerprint density at radius 3 is 1.96 bits per heavy atom. The Kier molecular flexibility index (Phi) is 5.29. The summed E-state index contributed by atoms with van der Waals surface area (Å²) in [7, 11) is 0. The number of carbonyl (C=O) groups excluding carboxylic acids is 2. The molecule has 1 amide bonds. The highest BCUT2D eigenvalue weighted by Gasteiger charge is 2.22. The number of hydrogen-bond acceptors (Lipinski definition) is 2. The molecule has 126 valence electrons. The van der Waals surface area contributed by atoms with Crippen LogP contribution in [0.15, 0.2) is 24.3 Å². The Bertz CT molecular complexity index is 764. The molecule has 0 aromatic heterocycles. The molecule has 0 saturated carbocycles. The fourth-order valence-corrected chi connectivity index (χ4v) is 4.04. The van der Waals surface area contributed by atoms with E-state index in [9.17, 15) is 9.59 Å². The molecule has 0 atom stereocenters. The van der Waals surface area contributed by atoms with Gasteiger partial charge in [0, 0.05) is 5.56 Å². The van der Waals surface area contributed by atoms with Crippen LogP contribution in [0, 0.1) is 0 Å². The second kappa shape index (κ2) is 7.61. The van der Waals surface area contributed by atoms with Crippen LogP contribution >= 0.6 is 0 Å². The molecule has 0 radical (unpaired) electrons. The van der Waals surface area contributed by atoms with E-state index in [1.807, 2.05) is 18.2 Å². The van der Waals surface area contributed by atoms with Crippen molar-refractivity contribution >= 4 is 23.0 Å². The van der Waals surface area contributed by atoms with Crippen molar-refractivity contribution in [1.82, 2.24) is 0 Å². The summed E-state index contributed by atoms with van der Waals surface area (Å²) in [4.78, 5) is 23.9. The van der Waals surface area contributed by atoms with Gasteiger partial charge in [0.05, 0.1) is 5.56 Å². The van der Waals surface area contributed by atoms with E-state index in [1.54, 1.807) is 0 Å². The van der Waals surface area contributed by atoms with Gasteiger partial charge in [0.2, 0.25) is 5.91 Å². The first-order chi connectivity index (χ1) is 11.7. The van der Waals surface area contributed by atoms with Crippen LogP contribution in [0.2, 0.25) is 0 Å². The third-order valence-corrected chi connectivity index (χ3v) is 5.20. The maximum atomic E-state index is 12.2. The summed E-state index contributed by atoms with van der Waals surface area (Å²) < 4.78 is 0. The monoisotopic (exact) mass is 323 g/mol. The molecule has 1 aliphatic rings. The predicted octanol–water partition coefficient (Wildman–Crippen LogP) is 4.58. The third-order valence-electron chi connectivity index (χ3n) is 5.20. The summed E-state index contributed by atoms with van der Waals surface area (Å²) in [5, 5.41) is 1.97. The summed E-state index contributed by atoms with van der Waals surface area (Å²) in [6.45, 7) is 0. The molecule has 0 spiro atoms. The molecule has 3 heteroatoms. The van der Waals surface area contributed by atoms with E-state index in [0.29, 0.717) is 11.1 Å². The molecule has 0 aliphatic heterocycles. The van der Waals surface area contributed by atoms with Gasteiger partial charge in [-0.3, -0.25) is 9.59 Å². The smallest absolute Gasteiger partial charge is 0.249 e. The van der Waals surface area contributed by atoms with Crippen LogP contribution < -0.4 is 5.73 Å². The second-order valence-electron chi connectivity index (χ2n) is 6.75. The summed E-state index contributed by atoms with van der Waals surface area (Å²) >= 11 is 0. The standard InChI is InChI=1S/C21H25NO2/c22-21(24)20-18-13-7-5-3-1-2-4-6-10-16(18)15-11-8-9-12-17(15)19(20)14-23/h8-9,11-12,14H,1-7,10,13H2,(H2,22,24). The minimum atomic E-state index is -0.478. The molecule has 0 bridgehead atoms. The number of nitrogens with two attached hydrogens (primary N) is 1. The molecule has 0 saturated heterocycles. The summed E-state index contributed by atoms with van der Waals surface area (Å²) in [5.74, 6) is -0.478. The molecule has 1 aliphatic carbocycles. The van der Waals surface area contributed by atoms with Crippen molar-refractivity contribution in [2.24, 2.45) is 5.73 Å². The van der Waals surface area contributed by atoms with Crippen LogP contribution in [0.25, 0.3) is 10.8 Å². The van der Waals surface area contributed by atoms with E-state index in [2.05, 4.69) is 6.07 Å². The summed E-state index contributed by atoms with van der Waals surface area (Å²) in [5.41, 5.74) is 8.87. The van der Waals surface area contributed by atoms with Crippen LogP contribution in [0.1, 0.15) is 76.8 Å². The van der Waals surface area contributed by atoms with Gasteiger partial charge in [0.15, 0.2) is 6.29 Å². The van der Waals surface area contributed by atoms with Crippen molar-refractivity contribution in [3.05, 3.63) is 46.5 Å². The molecular formula is C21H25NO2. The molecule has 3 rings (SSSR count). The quantitative estimate of drug-likeness (QED) is 0.822. The van der Waals surface area contributed by atoms with Crippen molar-refractivity contribution in [1.29, 1.82) is 0 Å². The number of carbonyl (C=O) groups is 2. The van der Waals surface area contributed by atoms with Gasteiger partial charge in [0.1, 0.15) is 0 Å². The molecule has 0 fully saturated rings. The number of fused-ring (bicyclic) bond motifs is 3. The number of aryl methyl sites for hydroxylation is 1. The highest BCUT2D eigenvalue weighted by molar-refractivity contribution is 6.11. The van der Waals surface area contributed by atoms with E-state index < -0.39 is 5.91 Å². The van der Waals surface area contributed by atoms with E-state index in [-0.39, 0.29) is 0 Å². The average molecular weight is 323 g/mol. The molecule has 0 unspecified atom stereocenters. The Morgan fingerprint density at radius 2 is 1.38 bits per heavy atom. The van der Waals surface area contributed by atoms with Crippen molar-refractivity contribution < 1.29 is 9.59 Å². The lowest BCUT2D eigenvalue weighted by Gasteiger charge is -2.19. The van der Waals surface area contributed by atoms with E-state index in [4.69, 9.17) is 5.73 Å². The van der Waals surface area contributed by atoms with Gasteiger partial charge in [0.25, 0.3) is 0 Å². The van der Waals surface area contributed by atoms with Crippen LogP contribution in [0.5, 0.6) is 0 Å². The fraction of sp³-hybridized carbons (Fsp3) is 0.429. The molecule has 2 aromatic rings. The van der Waals surface area contributed by atoms with Crippen LogP contribution in [-0.4, -0.2) is 12.2 Å². The Hall–Kier alpha value is -2.16. The van der Waals surface area contributed by atoms with Gasteiger partial charge in [-0.05, 0) is 47.6 Å². The number of primary amides is 1. The van der Waals surface area contributed by atoms with Gasteiger partial charge < -0.3 is 5.73 Å². The zero-order valence-electron chi connectivity index (χ0n) is 14.1. The Morgan fingerprint density at radius 1 is 0.833 bits per heavy atom. The van der Waals surface area contributed by atoms with Crippen LogP contribution in [0.3, 0.4) is 0 Å². The first-order valence-electron chi connectivity index (χ1n) is 9.05. The van der Waals surface area contributed by atoms with Crippen LogP contribution in [0.4, 0.5) is 0 Å². The highest BCUT2D eigenvalue weighted by atomic mass is 16.1. The minimum absolute atomic E-state index is 0.456. The lowest BCUT2D eigenvalue weighted by Crippen LogP contribution is -2.19. The Labute approximate surface area is 143 Å². The second-order valence-corrected chi connectivity index (χ2v) is 6.75. The highest BCUT2D eigenvalue weighted by Crippen LogP contribution is 2.33. The summed E-state index contributed by atoms with van der Waals surface area (Å²) in [6, 6.07) is 7.92. The number of hydrogen-bond donors (Lipinski definition) is 1. The Balaban J connectivity index is 2.26. The number of benzene rings is 2. The van der Waals surface area contributed by atoms with Gasteiger partial charge in [-0.2, -0.15) is 0 Å². The topological polar surface area (TPSA) is 60.2 Å². The zero-order chi connectivity index (χ0) is 16.9. The van der Waals surface area contributed by atoms with Crippen molar-refractivity contribution in [3.63, 3.8) is 0 Å². The molecule has 2 N–H and O–H groups in total. The number of aldehydes is 1. The fourth-order valence-electron chi connectivity index (χ4n) is 4.04. The van der Waals surface area contributed by atoms with E-state index in [1.165, 1.54) is 37.7 Å². The molecule has 24 heavy (non-hydrogen) atoms. The summed E-state index contributed by atoms with van der Waals surface area (Å²) in [6.07, 6.45) is 11.0. The maximum absolute atomic E-state index is 12.2. The SMILES string of the molecule is NC(=O)c1c2c(c3ccccc3c1C=O)CCCCCCCCC2. The van der Waals surface area contributed by atoms with Crippen molar-refractivity contribution in [2.45, 2.75) is 57.8 Å². The predicted molar refractivity (Wildman–Crippen MR) is 97.6 cm³/mol. The van der Waals surface area contributed by atoms with E-state index >= 15 is 0 Å². The number of rotatable bonds is 2. The van der Waals surface area contributed by atoms with E-state index in [0.717, 1.165) is 48.3 Å². The molecule has 0 heterocycles. The average Bonchev–Trinajstić information content (AvgIpc) is 2.64. The largest absolute Gasteiger partial charge is 0.366 e. The van der Waals surface area contributed by atoms with Gasteiger partial charge in [-0.1, -0.05) is 56.4 Å². The lowest BCUT2D eigenvalue weighted by molar-refractivity contribution is 0.0992. The first-order valence-corrected chi connectivity index (χ1v) is 9.05. The first kappa shape index (κ1) is 16.7. The molecular weight excluding hydrogens is 298 g/mol. The maximum Gasteiger partial charge on any atom is 0.249 e. The minimum Gasteiger partial charge on any atom is -0.366 e. The van der Waals surface area contributed by atoms with Crippen molar-refractivity contribution in [3.8, 4) is 0 Å². The normalized spacial score (nSPS) is 16.2. The van der Waals surface area contributed by atoms with Crippen LogP contribution in [-0.2, 0) is 12.8 Å². The third kappa shape index (κ3) is 3.21.